The van der Waals surface area contributed by atoms with Gasteiger partial charge in [-0.3, -0.25) is 0 Å². The first-order valence-corrected chi connectivity index (χ1v) is 8.06. The van der Waals surface area contributed by atoms with Crippen molar-refractivity contribution in [2.45, 2.75) is 44.6 Å². The number of halogens is 1. The fourth-order valence-electron chi connectivity index (χ4n) is 3.00. The minimum absolute atomic E-state index is 0.317. The Morgan fingerprint density at radius 2 is 1.65 bits per heavy atom. The molecule has 20 heavy (non-hydrogen) atoms. The molecule has 112 valence electrons. The Labute approximate surface area is 129 Å². The molecule has 1 aliphatic rings. The van der Waals surface area contributed by atoms with Crippen LogP contribution in [0.1, 0.15) is 50.2 Å². The van der Waals surface area contributed by atoms with Crippen LogP contribution >= 0.6 is 15.9 Å². The minimum Gasteiger partial charge on any atom is -0.496 e. The number of rotatable bonds is 4. The molecular formula is C16H23BrO3. The van der Waals surface area contributed by atoms with Gasteiger partial charge in [0.25, 0.3) is 0 Å². The molecule has 0 radical (unpaired) electrons. The number of benzene rings is 1. The topological polar surface area (TPSA) is 38.7 Å². The number of hydrogen-bond donors (Lipinski definition) is 1. The van der Waals surface area contributed by atoms with Gasteiger partial charge in [0.1, 0.15) is 11.5 Å². The van der Waals surface area contributed by atoms with Crippen molar-refractivity contribution in [2.75, 3.05) is 14.2 Å². The third-order valence-corrected chi connectivity index (χ3v) is 4.79. The quantitative estimate of drug-likeness (QED) is 0.820. The van der Waals surface area contributed by atoms with Crippen molar-refractivity contribution in [1.82, 2.24) is 0 Å². The molecule has 1 saturated carbocycles. The Morgan fingerprint density at radius 1 is 1.05 bits per heavy atom. The molecule has 0 aromatic heterocycles. The van der Waals surface area contributed by atoms with Gasteiger partial charge in [0.05, 0.1) is 24.8 Å². The zero-order valence-corrected chi connectivity index (χ0v) is 13.8. The summed E-state index contributed by atoms with van der Waals surface area (Å²) in [5.41, 5.74) is 0.833. The number of aliphatic hydroxyl groups is 1. The average Bonchev–Trinajstić information content (AvgIpc) is 2.75. The van der Waals surface area contributed by atoms with Crippen LogP contribution in [-0.2, 0) is 0 Å². The number of methoxy groups -OCH3 is 2. The van der Waals surface area contributed by atoms with Crippen molar-refractivity contribution in [3.05, 3.63) is 22.2 Å². The van der Waals surface area contributed by atoms with E-state index in [9.17, 15) is 5.11 Å². The Hall–Kier alpha value is -0.740. The maximum Gasteiger partial charge on any atom is 0.133 e. The maximum atomic E-state index is 10.7. The van der Waals surface area contributed by atoms with E-state index in [0.717, 1.165) is 34.4 Å². The second-order valence-electron chi connectivity index (χ2n) is 5.43. The summed E-state index contributed by atoms with van der Waals surface area (Å²) in [6.45, 7) is 0. The average molecular weight is 343 g/mol. The van der Waals surface area contributed by atoms with Crippen LogP contribution in [0.5, 0.6) is 11.5 Å². The Morgan fingerprint density at radius 3 is 2.20 bits per heavy atom. The molecule has 1 unspecified atom stereocenters. The van der Waals surface area contributed by atoms with Crippen molar-refractivity contribution in [1.29, 1.82) is 0 Å². The SMILES string of the molecule is COc1cc(C(O)C2CCCCCC2)c(OC)cc1Br. The first-order valence-electron chi connectivity index (χ1n) is 7.27. The van der Waals surface area contributed by atoms with Crippen LogP contribution in [0.25, 0.3) is 0 Å². The first-order chi connectivity index (χ1) is 9.67. The standard InChI is InChI=1S/C16H23BrO3/c1-19-14-10-13(17)15(20-2)9-12(14)16(18)11-7-5-3-4-6-8-11/h9-11,16,18H,3-8H2,1-2H3. The Bertz CT molecular complexity index is 440. The van der Waals surface area contributed by atoms with Crippen molar-refractivity contribution < 1.29 is 14.6 Å². The maximum absolute atomic E-state index is 10.7. The van der Waals surface area contributed by atoms with E-state index in [2.05, 4.69) is 15.9 Å². The second-order valence-corrected chi connectivity index (χ2v) is 6.28. The highest BCUT2D eigenvalue weighted by molar-refractivity contribution is 9.10. The lowest BCUT2D eigenvalue weighted by molar-refractivity contribution is 0.0958. The summed E-state index contributed by atoms with van der Waals surface area (Å²) in [5, 5.41) is 10.7. The van der Waals surface area contributed by atoms with Gasteiger partial charge in [-0.2, -0.15) is 0 Å². The molecule has 0 aliphatic heterocycles. The molecule has 0 spiro atoms. The van der Waals surface area contributed by atoms with E-state index < -0.39 is 6.10 Å². The molecule has 1 aromatic rings. The molecule has 0 heterocycles. The summed E-state index contributed by atoms with van der Waals surface area (Å²) >= 11 is 3.45. The highest BCUT2D eigenvalue weighted by atomic mass is 79.9. The monoisotopic (exact) mass is 342 g/mol. The molecule has 2 rings (SSSR count). The number of hydrogen-bond acceptors (Lipinski definition) is 3. The highest BCUT2D eigenvalue weighted by Gasteiger charge is 2.25. The van der Waals surface area contributed by atoms with Crippen LogP contribution in [0.2, 0.25) is 0 Å². The summed E-state index contributed by atoms with van der Waals surface area (Å²) in [7, 11) is 3.27. The summed E-state index contributed by atoms with van der Waals surface area (Å²) < 4.78 is 11.6. The molecular weight excluding hydrogens is 320 g/mol. The van der Waals surface area contributed by atoms with Crippen molar-refractivity contribution >= 4 is 15.9 Å². The van der Waals surface area contributed by atoms with Crippen LogP contribution in [0.4, 0.5) is 0 Å². The van der Waals surface area contributed by atoms with Gasteiger partial charge in [-0.25, -0.2) is 0 Å². The largest absolute Gasteiger partial charge is 0.496 e. The van der Waals surface area contributed by atoms with E-state index in [1.54, 1.807) is 14.2 Å². The summed E-state index contributed by atoms with van der Waals surface area (Å²) in [5.74, 6) is 1.76. The summed E-state index contributed by atoms with van der Waals surface area (Å²) in [6, 6.07) is 3.76. The van der Waals surface area contributed by atoms with Crippen LogP contribution < -0.4 is 9.47 Å². The molecule has 1 aliphatic carbocycles. The van der Waals surface area contributed by atoms with Crippen molar-refractivity contribution in [3.8, 4) is 11.5 Å². The zero-order chi connectivity index (χ0) is 14.5. The van der Waals surface area contributed by atoms with Gasteiger partial charge in [0.2, 0.25) is 0 Å². The molecule has 4 heteroatoms. The van der Waals surface area contributed by atoms with Crippen molar-refractivity contribution in [3.63, 3.8) is 0 Å². The predicted octanol–water partition coefficient (Wildman–Crippen LogP) is 4.47. The fourth-order valence-corrected chi connectivity index (χ4v) is 3.48. The van der Waals surface area contributed by atoms with Gasteiger partial charge in [0.15, 0.2) is 0 Å². The molecule has 0 saturated heterocycles. The lowest BCUT2D eigenvalue weighted by Gasteiger charge is -2.24. The normalized spacial score (nSPS) is 18.4. The molecule has 3 nitrogen and oxygen atoms in total. The van der Waals surface area contributed by atoms with Gasteiger partial charge in [-0.1, -0.05) is 25.7 Å². The van der Waals surface area contributed by atoms with Crippen molar-refractivity contribution in [2.24, 2.45) is 5.92 Å². The summed E-state index contributed by atoms with van der Waals surface area (Å²) in [4.78, 5) is 0. The van der Waals surface area contributed by atoms with Gasteiger partial charge >= 0.3 is 0 Å². The van der Waals surface area contributed by atoms with Crippen LogP contribution in [-0.4, -0.2) is 19.3 Å². The molecule has 1 fully saturated rings. The van der Waals surface area contributed by atoms with E-state index in [4.69, 9.17) is 9.47 Å². The van der Waals surface area contributed by atoms with Crippen LogP contribution in [0, 0.1) is 5.92 Å². The van der Waals surface area contributed by atoms with Gasteiger partial charge in [-0.15, -0.1) is 0 Å². The lowest BCUT2D eigenvalue weighted by Crippen LogP contribution is -2.13. The predicted molar refractivity (Wildman–Crippen MR) is 83.4 cm³/mol. The van der Waals surface area contributed by atoms with E-state index >= 15 is 0 Å². The van der Waals surface area contributed by atoms with Gasteiger partial charge < -0.3 is 14.6 Å². The molecule has 1 atom stereocenters. The van der Waals surface area contributed by atoms with Crippen LogP contribution in [0.15, 0.2) is 16.6 Å². The third-order valence-electron chi connectivity index (χ3n) is 4.17. The van der Waals surface area contributed by atoms with E-state index in [1.165, 1.54) is 25.7 Å². The van der Waals surface area contributed by atoms with E-state index in [0.29, 0.717) is 5.92 Å². The first kappa shape index (κ1) is 15.6. The minimum atomic E-state index is -0.481. The Balaban J connectivity index is 2.29. The lowest BCUT2D eigenvalue weighted by atomic mass is 9.89. The Kier molecular flexibility index (Phi) is 5.73. The van der Waals surface area contributed by atoms with E-state index in [1.807, 2.05) is 12.1 Å². The molecule has 0 bridgehead atoms. The number of aliphatic hydroxyl groups excluding tert-OH is 1. The smallest absolute Gasteiger partial charge is 0.133 e. The van der Waals surface area contributed by atoms with E-state index in [-0.39, 0.29) is 0 Å². The highest BCUT2D eigenvalue weighted by Crippen LogP contribution is 2.41. The third kappa shape index (κ3) is 3.47. The molecule has 1 aromatic carbocycles. The summed E-state index contributed by atoms with van der Waals surface area (Å²) in [6.07, 6.45) is 6.67. The zero-order valence-electron chi connectivity index (χ0n) is 12.2. The molecule has 0 amide bonds. The van der Waals surface area contributed by atoms with Crippen LogP contribution in [0.3, 0.4) is 0 Å². The fraction of sp³-hybridized carbons (Fsp3) is 0.625. The number of ether oxygens (including phenoxy) is 2. The molecule has 1 N–H and O–H groups in total. The van der Waals surface area contributed by atoms with Gasteiger partial charge in [0, 0.05) is 5.56 Å². The second kappa shape index (κ2) is 7.32. The van der Waals surface area contributed by atoms with Gasteiger partial charge in [-0.05, 0) is 46.8 Å².